The van der Waals surface area contributed by atoms with Gasteiger partial charge in [0.1, 0.15) is 0 Å². The molecule has 4 N–H and O–H groups in total. The molecule has 0 bridgehead atoms. The molecule has 1 aromatic carbocycles. The molecular formula is C22H30N4O5. The fourth-order valence-electron chi connectivity index (χ4n) is 3.97. The first-order chi connectivity index (χ1) is 14.9. The molecule has 9 heteroatoms. The van der Waals surface area contributed by atoms with Crippen LogP contribution in [0.5, 0.6) is 0 Å². The Kier molecular flexibility index (Phi) is 9.43. The van der Waals surface area contributed by atoms with E-state index in [1.54, 1.807) is 24.3 Å². The highest BCUT2D eigenvalue weighted by Gasteiger charge is 2.34. The Morgan fingerprint density at radius 3 is 2.29 bits per heavy atom. The summed E-state index contributed by atoms with van der Waals surface area (Å²) < 4.78 is 0. The standard InChI is InChI=1S/C21H28N4O3.CH2O2/c1-25-10-8-17(9-11-25)23-21(28)16-6-7-18(19(26)12-16)24-20(27)15-4-2-14(13-22)3-5-15;2-1-3/h2-5,16-19,26H,6-12H2,1H3,(H,23,28)(H,24,27);1H,(H,2,3)/t16-,18+,19+;/m0./s1. The van der Waals surface area contributed by atoms with E-state index in [0.717, 1.165) is 25.9 Å². The number of amides is 2. The monoisotopic (exact) mass is 430 g/mol. The maximum absolute atomic E-state index is 12.6. The van der Waals surface area contributed by atoms with Gasteiger partial charge in [-0.25, -0.2) is 0 Å². The quantitative estimate of drug-likeness (QED) is 0.516. The average molecular weight is 431 g/mol. The topological polar surface area (TPSA) is 143 Å². The zero-order chi connectivity index (χ0) is 22.8. The number of aliphatic hydroxyl groups is 1. The minimum atomic E-state index is -0.746. The largest absolute Gasteiger partial charge is 0.483 e. The van der Waals surface area contributed by atoms with E-state index in [1.807, 2.05) is 6.07 Å². The van der Waals surface area contributed by atoms with Gasteiger partial charge in [0.05, 0.1) is 23.8 Å². The highest BCUT2D eigenvalue weighted by Crippen LogP contribution is 2.26. The van der Waals surface area contributed by atoms with E-state index in [4.69, 9.17) is 15.2 Å². The molecule has 2 aliphatic rings. The summed E-state index contributed by atoms with van der Waals surface area (Å²) in [5.41, 5.74) is 0.945. The van der Waals surface area contributed by atoms with Crippen molar-refractivity contribution < 1.29 is 24.6 Å². The summed E-state index contributed by atoms with van der Waals surface area (Å²) in [6.45, 7) is 1.73. The lowest BCUT2D eigenvalue weighted by Gasteiger charge is -2.35. The first kappa shape index (κ1) is 24.3. The van der Waals surface area contributed by atoms with Gasteiger partial charge in [0, 0.05) is 17.5 Å². The van der Waals surface area contributed by atoms with Gasteiger partial charge in [-0.1, -0.05) is 0 Å². The molecule has 9 nitrogen and oxygen atoms in total. The number of rotatable bonds is 4. The van der Waals surface area contributed by atoms with E-state index >= 15 is 0 Å². The van der Waals surface area contributed by atoms with Gasteiger partial charge in [-0.3, -0.25) is 14.4 Å². The number of hydrogen-bond donors (Lipinski definition) is 4. The molecule has 0 radical (unpaired) electrons. The molecule has 31 heavy (non-hydrogen) atoms. The van der Waals surface area contributed by atoms with Crippen molar-refractivity contribution >= 4 is 18.3 Å². The molecule has 1 heterocycles. The number of likely N-dealkylation sites (tertiary alicyclic amines) is 1. The van der Waals surface area contributed by atoms with Gasteiger partial charge in [-0.15, -0.1) is 0 Å². The number of piperidine rings is 1. The number of benzene rings is 1. The highest BCUT2D eigenvalue weighted by molar-refractivity contribution is 5.94. The number of nitrogens with one attached hydrogen (secondary N) is 2. The summed E-state index contributed by atoms with van der Waals surface area (Å²) in [6.07, 6.45) is 2.74. The zero-order valence-corrected chi connectivity index (χ0v) is 17.7. The Bertz CT molecular complexity index is 784. The Labute approximate surface area is 182 Å². The number of hydrogen-bond acceptors (Lipinski definition) is 6. The molecule has 0 unspecified atom stereocenters. The van der Waals surface area contributed by atoms with Crippen LogP contribution >= 0.6 is 0 Å². The van der Waals surface area contributed by atoms with Crippen molar-refractivity contribution in [1.29, 1.82) is 5.26 Å². The van der Waals surface area contributed by atoms with Crippen molar-refractivity contribution in [3.8, 4) is 6.07 Å². The molecule has 2 fully saturated rings. The van der Waals surface area contributed by atoms with Crippen LogP contribution in [0.4, 0.5) is 0 Å². The minimum absolute atomic E-state index is 0.0190. The predicted molar refractivity (Wildman–Crippen MR) is 113 cm³/mol. The molecule has 1 aliphatic carbocycles. The van der Waals surface area contributed by atoms with E-state index in [9.17, 15) is 14.7 Å². The SMILES string of the molecule is CN1CCC(NC(=O)[C@H]2CC[C@@H](NC(=O)c3ccc(C#N)cc3)[C@H](O)C2)CC1.O=CO. The number of carbonyl (C=O) groups excluding carboxylic acids is 2. The van der Waals surface area contributed by atoms with Crippen LogP contribution < -0.4 is 10.6 Å². The average Bonchev–Trinajstić information content (AvgIpc) is 2.77. The second-order valence-electron chi connectivity index (χ2n) is 8.04. The molecular weight excluding hydrogens is 400 g/mol. The Balaban J connectivity index is 0.00000107. The maximum Gasteiger partial charge on any atom is 0.290 e. The van der Waals surface area contributed by atoms with Crippen molar-refractivity contribution in [3.05, 3.63) is 35.4 Å². The number of aliphatic hydroxyl groups excluding tert-OH is 1. The number of carboxylic acid groups (broad SMARTS) is 1. The van der Waals surface area contributed by atoms with Crippen LogP contribution in [0.1, 0.15) is 48.0 Å². The summed E-state index contributed by atoms with van der Waals surface area (Å²) in [7, 11) is 2.09. The Morgan fingerprint density at radius 2 is 1.74 bits per heavy atom. The molecule has 1 saturated carbocycles. The van der Waals surface area contributed by atoms with Gasteiger partial charge in [0.15, 0.2) is 0 Å². The van der Waals surface area contributed by atoms with Crippen molar-refractivity contribution in [1.82, 2.24) is 15.5 Å². The van der Waals surface area contributed by atoms with Crippen LogP contribution in [0.3, 0.4) is 0 Å². The van der Waals surface area contributed by atoms with Gasteiger partial charge in [0.2, 0.25) is 5.91 Å². The summed E-state index contributed by atoms with van der Waals surface area (Å²) >= 11 is 0. The molecule has 2 amide bonds. The number of carbonyl (C=O) groups is 3. The van der Waals surface area contributed by atoms with Crippen molar-refractivity contribution in [2.24, 2.45) is 5.92 Å². The maximum atomic E-state index is 12.6. The second-order valence-corrected chi connectivity index (χ2v) is 8.04. The molecule has 3 rings (SSSR count). The molecule has 3 atom stereocenters. The van der Waals surface area contributed by atoms with Gasteiger partial charge in [-0.05, 0) is 76.5 Å². The summed E-state index contributed by atoms with van der Waals surface area (Å²) in [4.78, 5) is 35.5. The normalized spacial score (nSPS) is 24.1. The summed E-state index contributed by atoms with van der Waals surface area (Å²) in [5, 5.41) is 32.2. The third-order valence-electron chi connectivity index (χ3n) is 5.85. The fraction of sp³-hybridized carbons (Fsp3) is 0.545. The first-order valence-electron chi connectivity index (χ1n) is 10.4. The Hall–Kier alpha value is -2.96. The van der Waals surface area contributed by atoms with E-state index < -0.39 is 6.10 Å². The lowest BCUT2D eigenvalue weighted by atomic mass is 9.83. The van der Waals surface area contributed by atoms with E-state index in [-0.39, 0.29) is 36.3 Å². The molecule has 1 aromatic rings. The predicted octanol–water partition coefficient (Wildman–Crippen LogP) is 0.729. The lowest BCUT2D eigenvalue weighted by Crippen LogP contribution is -2.51. The molecule has 0 spiro atoms. The van der Waals surface area contributed by atoms with Crippen molar-refractivity contribution in [2.75, 3.05) is 20.1 Å². The minimum Gasteiger partial charge on any atom is -0.483 e. The highest BCUT2D eigenvalue weighted by atomic mass is 16.3. The smallest absolute Gasteiger partial charge is 0.290 e. The van der Waals surface area contributed by atoms with Crippen LogP contribution in [0.25, 0.3) is 0 Å². The van der Waals surface area contributed by atoms with Crippen LogP contribution in [-0.2, 0) is 9.59 Å². The molecule has 0 aromatic heterocycles. The molecule has 1 saturated heterocycles. The van der Waals surface area contributed by atoms with E-state index in [0.29, 0.717) is 30.4 Å². The lowest BCUT2D eigenvalue weighted by molar-refractivity contribution is -0.128. The van der Waals surface area contributed by atoms with Gasteiger partial charge in [0.25, 0.3) is 12.4 Å². The fourth-order valence-corrected chi connectivity index (χ4v) is 3.97. The first-order valence-corrected chi connectivity index (χ1v) is 10.4. The third kappa shape index (κ3) is 7.35. The third-order valence-corrected chi connectivity index (χ3v) is 5.85. The van der Waals surface area contributed by atoms with Crippen LogP contribution in [0.15, 0.2) is 24.3 Å². The number of nitrogens with zero attached hydrogens (tertiary/aromatic N) is 2. The van der Waals surface area contributed by atoms with Crippen molar-refractivity contribution in [3.63, 3.8) is 0 Å². The van der Waals surface area contributed by atoms with E-state index in [2.05, 4.69) is 22.6 Å². The summed E-state index contributed by atoms with van der Waals surface area (Å²) in [5.74, 6) is -0.467. The molecule has 1 aliphatic heterocycles. The Morgan fingerprint density at radius 1 is 1.13 bits per heavy atom. The second kappa shape index (κ2) is 12.0. The zero-order valence-electron chi connectivity index (χ0n) is 17.7. The number of nitriles is 1. The van der Waals surface area contributed by atoms with Gasteiger partial charge >= 0.3 is 0 Å². The van der Waals surface area contributed by atoms with Crippen LogP contribution in [0, 0.1) is 17.2 Å². The van der Waals surface area contributed by atoms with Gasteiger partial charge < -0.3 is 25.7 Å². The van der Waals surface area contributed by atoms with Crippen LogP contribution in [-0.4, -0.2) is 71.7 Å². The molecule has 168 valence electrons. The van der Waals surface area contributed by atoms with Gasteiger partial charge in [-0.2, -0.15) is 5.26 Å². The van der Waals surface area contributed by atoms with Crippen molar-refractivity contribution in [2.45, 2.75) is 50.3 Å². The van der Waals surface area contributed by atoms with Crippen LogP contribution in [0.2, 0.25) is 0 Å². The van der Waals surface area contributed by atoms with E-state index in [1.165, 1.54) is 0 Å². The summed E-state index contributed by atoms with van der Waals surface area (Å²) in [6, 6.07) is 8.25.